The van der Waals surface area contributed by atoms with Crippen molar-refractivity contribution in [1.29, 1.82) is 5.26 Å². The number of carboxylic acids is 1. The Morgan fingerprint density at radius 1 is 1.40 bits per heavy atom. The van der Waals surface area contributed by atoms with Crippen LogP contribution >= 0.6 is 0 Å². The smallest absolute Gasteiger partial charge is 0.341 e. The molecule has 0 aliphatic rings. The van der Waals surface area contributed by atoms with Crippen LogP contribution in [-0.4, -0.2) is 16.1 Å². The lowest BCUT2D eigenvalue weighted by Crippen LogP contribution is -2.07. The number of hydrogen-bond donors (Lipinski definition) is 2. The van der Waals surface area contributed by atoms with E-state index in [0.717, 1.165) is 0 Å². The van der Waals surface area contributed by atoms with Gasteiger partial charge >= 0.3 is 5.97 Å². The maximum Gasteiger partial charge on any atom is 0.341 e. The molecule has 0 saturated carbocycles. The third-order valence-corrected chi connectivity index (χ3v) is 2.65. The summed E-state index contributed by atoms with van der Waals surface area (Å²) in [6, 6.07) is 9.92. The molecule has 0 saturated heterocycles. The highest BCUT2D eigenvalue weighted by Gasteiger charge is 2.15. The standard InChI is InChI=1S/C14H11N3O3/c15-7-11-9(3-2-6-17-11)8-20-12-5-1-4-10(16)13(12)14(18)19/h1-6H,8,16H2,(H,18,19). The molecule has 1 heterocycles. The third-order valence-electron chi connectivity index (χ3n) is 2.65. The summed E-state index contributed by atoms with van der Waals surface area (Å²) in [7, 11) is 0. The lowest BCUT2D eigenvalue weighted by atomic mass is 10.1. The van der Waals surface area contributed by atoms with E-state index in [2.05, 4.69) is 4.98 Å². The zero-order chi connectivity index (χ0) is 14.5. The number of benzene rings is 1. The topological polar surface area (TPSA) is 109 Å². The summed E-state index contributed by atoms with van der Waals surface area (Å²) in [6.45, 7) is 0.0421. The van der Waals surface area contributed by atoms with Crippen LogP contribution in [0.15, 0.2) is 36.5 Å². The van der Waals surface area contributed by atoms with Crippen molar-refractivity contribution in [3.05, 3.63) is 53.3 Å². The van der Waals surface area contributed by atoms with Crippen LogP contribution in [0.5, 0.6) is 5.75 Å². The Bertz CT molecular complexity index is 692. The van der Waals surface area contributed by atoms with Gasteiger partial charge in [0.1, 0.15) is 29.7 Å². The van der Waals surface area contributed by atoms with Crippen molar-refractivity contribution < 1.29 is 14.6 Å². The minimum atomic E-state index is -1.16. The van der Waals surface area contributed by atoms with E-state index in [9.17, 15) is 4.79 Å². The normalized spacial score (nSPS) is 9.75. The minimum absolute atomic E-state index is 0.0421. The minimum Gasteiger partial charge on any atom is -0.488 e. The van der Waals surface area contributed by atoms with Gasteiger partial charge in [0.25, 0.3) is 0 Å². The first kappa shape index (κ1) is 13.4. The molecule has 0 unspecified atom stereocenters. The number of carboxylic acid groups (broad SMARTS) is 1. The predicted octanol–water partition coefficient (Wildman–Crippen LogP) is 1.81. The van der Waals surface area contributed by atoms with Crippen LogP contribution in [0.1, 0.15) is 21.6 Å². The molecule has 0 aliphatic carbocycles. The van der Waals surface area contributed by atoms with E-state index in [1.807, 2.05) is 6.07 Å². The van der Waals surface area contributed by atoms with Gasteiger partial charge in [-0.3, -0.25) is 0 Å². The van der Waals surface area contributed by atoms with Crippen molar-refractivity contribution in [2.45, 2.75) is 6.61 Å². The Morgan fingerprint density at radius 3 is 2.90 bits per heavy atom. The number of anilines is 1. The highest BCUT2D eigenvalue weighted by atomic mass is 16.5. The molecule has 6 heteroatoms. The molecule has 2 aromatic rings. The fourth-order valence-electron chi connectivity index (χ4n) is 1.71. The fraction of sp³-hybridized carbons (Fsp3) is 0.0714. The van der Waals surface area contributed by atoms with Gasteiger partial charge in [-0.05, 0) is 18.2 Å². The largest absolute Gasteiger partial charge is 0.488 e. The number of pyridine rings is 1. The number of nitrogen functional groups attached to an aromatic ring is 1. The first-order chi connectivity index (χ1) is 9.63. The Balaban J connectivity index is 2.26. The van der Waals surface area contributed by atoms with Crippen molar-refractivity contribution in [3.8, 4) is 11.8 Å². The van der Waals surface area contributed by atoms with Gasteiger partial charge < -0.3 is 15.6 Å². The molecule has 0 radical (unpaired) electrons. The van der Waals surface area contributed by atoms with E-state index in [1.54, 1.807) is 18.2 Å². The van der Waals surface area contributed by atoms with E-state index in [-0.39, 0.29) is 29.3 Å². The quantitative estimate of drug-likeness (QED) is 0.819. The number of ether oxygens (including phenoxy) is 1. The van der Waals surface area contributed by atoms with E-state index in [0.29, 0.717) is 5.56 Å². The van der Waals surface area contributed by atoms with Gasteiger partial charge in [0, 0.05) is 17.4 Å². The maximum absolute atomic E-state index is 11.2. The molecule has 0 amide bonds. The molecule has 0 spiro atoms. The van der Waals surface area contributed by atoms with Crippen LogP contribution < -0.4 is 10.5 Å². The summed E-state index contributed by atoms with van der Waals surface area (Å²) >= 11 is 0. The molecule has 1 aromatic carbocycles. The summed E-state index contributed by atoms with van der Waals surface area (Å²) in [4.78, 5) is 15.1. The van der Waals surface area contributed by atoms with Crippen molar-refractivity contribution in [3.63, 3.8) is 0 Å². The average molecular weight is 269 g/mol. The lowest BCUT2D eigenvalue weighted by molar-refractivity contribution is 0.0693. The number of nitrogens with zero attached hydrogens (tertiary/aromatic N) is 2. The maximum atomic E-state index is 11.2. The number of hydrogen-bond acceptors (Lipinski definition) is 5. The van der Waals surface area contributed by atoms with Crippen LogP contribution in [0.3, 0.4) is 0 Å². The zero-order valence-corrected chi connectivity index (χ0v) is 10.4. The second-order valence-electron chi connectivity index (χ2n) is 3.94. The number of rotatable bonds is 4. The number of nitrogens with two attached hydrogens (primary N) is 1. The summed E-state index contributed by atoms with van der Waals surface area (Å²) in [5.41, 5.74) is 6.48. The summed E-state index contributed by atoms with van der Waals surface area (Å²) in [5.74, 6) is -1.00. The third kappa shape index (κ3) is 2.67. The molecular weight excluding hydrogens is 258 g/mol. The van der Waals surface area contributed by atoms with Crippen LogP contribution in [0.25, 0.3) is 0 Å². The first-order valence-electron chi connectivity index (χ1n) is 5.72. The predicted molar refractivity (Wildman–Crippen MR) is 71.1 cm³/mol. The molecule has 100 valence electrons. The molecule has 2 rings (SSSR count). The number of aromatic nitrogens is 1. The number of carbonyl (C=O) groups is 1. The average Bonchev–Trinajstić information content (AvgIpc) is 2.45. The first-order valence-corrected chi connectivity index (χ1v) is 5.72. The van der Waals surface area contributed by atoms with Gasteiger partial charge in [0.05, 0.1) is 0 Å². The highest BCUT2D eigenvalue weighted by Crippen LogP contribution is 2.25. The molecule has 0 atom stereocenters. The van der Waals surface area contributed by atoms with Crippen molar-refractivity contribution in [2.75, 3.05) is 5.73 Å². The van der Waals surface area contributed by atoms with Crippen LogP contribution in [0.4, 0.5) is 5.69 Å². The van der Waals surface area contributed by atoms with Gasteiger partial charge in [-0.25, -0.2) is 9.78 Å². The molecule has 6 nitrogen and oxygen atoms in total. The zero-order valence-electron chi connectivity index (χ0n) is 10.4. The highest BCUT2D eigenvalue weighted by molar-refractivity contribution is 5.96. The molecule has 1 aromatic heterocycles. The van der Waals surface area contributed by atoms with E-state index >= 15 is 0 Å². The Kier molecular flexibility index (Phi) is 3.82. The summed E-state index contributed by atoms with van der Waals surface area (Å²) in [6.07, 6.45) is 1.51. The number of aromatic carboxylic acids is 1. The van der Waals surface area contributed by atoms with Gasteiger partial charge in [-0.1, -0.05) is 12.1 Å². The number of nitriles is 1. The van der Waals surface area contributed by atoms with Gasteiger partial charge in [0.15, 0.2) is 0 Å². The molecular formula is C14H11N3O3. The molecule has 3 N–H and O–H groups in total. The lowest BCUT2D eigenvalue weighted by Gasteiger charge is -2.11. The molecule has 0 bridgehead atoms. The fourth-order valence-corrected chi connectivity index (χ4v) is 1.71. The summed E-state index contributed by atoms with van der Waals surface area (Å²) < 4.78 is 5.46. The molecule has 20 heavy (non-hydrogen) atoms. The molecule has 0 fully saturated rings. The van der Waals surface area contributed by atoms with Crippen LogP contribution in [-0.2, 0) is 6.61 Å². The SMILES string of the molecule is N#Cc1ncccc1COc1cccc(N)c1C(=O)O. The Hall–Kier alpha value is -3.07. The van der Waals surface area contributed by atoms with Gasteiger partial charge in [0.2, 0.25) is 0 Å². The van der Waals surface area contributed by atoms with Crippen molar-refractivity contribution >= 4 is 11.7 Å². The van der Waals surface area contributed by atoms with E-state index < -0.39 is 5.97 Å². The summed E-state index contributed by atoms with van der Waals surface area (Å²) in [5, 5.41) is 18.0. The Morgan fingerprint density at radius 2 is 2.20 bits per heavy atom. The van der Waals surface area contributed by atoms with Gasteiger partial charge in [-0.2, -0.15) is 5.26 Å². The van der Waals surface area contributed by atoms with E-state index in [1.165, 1.54) is 18.3 Å². The van der Waals surface area contributed by atoms with Gasteiger partial charge in [-0.15, -0.1) is 0 Å². The Labute approximate surface area is 115 Å². The van der Waals surface area contributed by atoms with Crippen LogP contribution in [0, 0.1) is 11.3 Å². The van der Waals surface area contributed by atoms with Crippen molar-refractivity contribution in [1.82, 2.24) is 4.98 Å². The monoisotopic (exact) mass is 269 g/mol. The van der Waals surface area contributed by atoms with Crippen LogP contribution in [0.2, 0.25) is 0 Å². The van der Waals surface area contributed by atoms with Crippen molar-refractivity contribution in [2.24, 2.45) is 0 Å². The second kappa shape index (κ2) is 5.71. The van der Waals surface area contributed by atoms with E-state index in [4.69, 9.17) is 20.8 Å². The molecule has 0 aliphatic heterocycles. The second-order valence-corrected chi connectivity index (χ2v) is 3.94.